The van der Waals surface area contributed by atoms with Crippen LogP contribution in [0.4, 0.5) is 0 Å². The third-order valence-corrected chi connectivity index (χ3v) is 9.20. The molecule has 0 radical (unpaired) electrons. The fourth-order valence-corrected chi connectivity index (χ4v) is 5.92. The normalized spacial score (nSPS) is 16.5. The molecule has 2 heterocycles. The highest BCUT2D eigenvalue weighted by atomic mass is 16.6. The van der Waals surface area contributed by atoms with Crippen molar-refractivity contribution in [3.05, 3.63) is 48.5 Å². The topological polar surface area (TPSA) is 71.2 Å². The highest BCUT2D eigenvalue weighted by Gasteiger charge is 2.22. The summed E-state index contributed by atoms with van der Waals surface area (Å²) in [5.41, 5.74) is 0. The average molecular weight is 683 g/mol. The van der Waals surface area contributed by atoms with Crippen molar-refractivity contribution in [2.24, 2.45) is 0 Å². The molecule has 4 rings (SSSR count). The fraction of sp³-hybridized carbons (Fsp3) is 0.714. The molecule has 276 valence electrons. The lowest BCUT2D eigenvalue weighted by molar-refractivity contribution is 0.113. The summed E-state index contributed by atoms with van der Waals surface area (Å²) in [5.74, 6) is 3.41. The van der Waals surface area contributed by atoms with Crippen LogP contribution >= 0.6 is 0 Å². The Hall–Kier alpha value is -2.32. The molecular formula is C42H66O7. The summed E-state index contributed by atoms with van der Waals surface area (Å²) in [5, 5.41) is 0. The van der Waals surface area contributed by atoms with E-state index in [2.05, 4.69) is 0 Å². The Morgan fingerprint density at radius 1 is 0.367 bits per heavy atom. The summed E-state index contributed by atoms with van der Waals surface area (Å²) in [6.45, 7) is 6.68. The van der Waals surface area contributed by atoms with Crippen molar-refractivity contribution >= 4 is 0 Å². The van der Waals surface area contributed by atoms with E-state index in [0.29, 0.717) is 12.2 Å². The van der Waals surface area contributed by atoms with Crippen molar-refractivity contribution < 1.29 is 33.2 Å². The summed E-state index contributed by atoms with van der Waals surface area (Å²) < 4.78 is 39.4. The Morgan fingerprint density at radius 3 is 0.939 bits per heavy atom. The van der Waals surface area contributed by atoms with E-state index in [1.807, 2.05) is 48.5 Å². The van der Waals surface area contributed by atoms with Gasteiger partial charge in [0.05, 0.1) is 39.6 Å². The second-order valence-corrected chi connectivity index (χ2v) is 13.9. The lowest BCUT2D eigenvalue weighted by atomic mass is 10.1. The largest absolute Gasteiger partial charge is 0.494 e. The van der Waals surface area contributed by atoms with Crippen LogP contribution in [0.25, 0.3) is 0 Å². The molecular weight excluding hydrogens is 616 g/mol. The first-order valence-electron chi connectivity index (χ1n) is 19.9. The molecule has 2 aliphatic heterocycles. The number of ether oxygens (including phenoxy) is 7. The van der Waals surface area contributed by atoms with Crippen LogP contribution < -0.4 is 14.2 Å². The van der Waals surface area contributed by atoms with Crippen molar-refractivity contribution in [2.45, 2.75) is 141 Å². The van der Waals surface area contributed by atoms with Crippen LogP contribution in [-0.4, -0.2) is 65.1 Å². The molecule has 49 heavy (non-hydrogen) atoms. The van der Waals surface area contributed by atoms with Gasteiger partial charge in [0.2, 0.25) is 0 Å². The van der Waals surface area contributed by atoms with E-state index in [0.717, 1.165) is 88.7 Å². The van der Waals surface area contributed by atoms with Crippen LogP contribution in [-0.2, 0) is 18.9 Å². The van der Waals surface area contributed by atoms with Gasteiger partial charge >= 0.3 is 0 Å². The molecule has 0 aliphatic carbocycles. The van der Waals surface area contributed by atoms with Gasteiger partial charge < -0.3 is 33.2 Å². The van der Waals surface area contributed by atoms with Gasteiger partial charge in [0, 0.05) is 13.2 Å². The number of hydrogen-bond acceptors (Lipinski definition) is 7. The number of epoxide rings is 2. The molecule has 2 unspecified atom stereocenters. The zero-order valence-corrected chi connectivity index (χ0v) is 30.4. The number of hydrogen-bond donors (Lipinski definition) is 0. The maximum atomic E-state index is 6.03. The molecule has 2 aromatic rings. The zero-order chi connectivity index (χ0) is 33.9. The zero-order valence-electron chi connectivity index (χ0n) is 30.4. The average Bonchev–Trinajstić information content (AvgIpc) is 4.07. The van der Waals surface area contributed by atoms with Gasteiger partial charge in [-0.15, -0.1) is 0 Å². The van der Waals surface area contributed by atoms with Crippen molar-refractivity contribution in [3.63, 3.8) is 0 Å². The standard InChI is InChI=1S/C42H66O7/c1(5-9-13-17-29-43-33-41-35-47-41)3-7-11-15-19-31-45-37-21-25-39(26-22-37)49-40-27-23-38(24-28-40)46-32-20-16-12-8-4-2-6-10-14-18-30-44-34-42-36-48-42/h21-28,41-42H,1-20,29-36H2. The molecule has 0 bridgehead atoms. The van der Waals surface area contributed by atoms with Gasteiger partial charge in [-0.05, 0) is 74.2 Å². The third-order valence-electron chi connectivity index (χ3n) is 9.20. The molecule has 0 aromatic heterocycles. The van der Waals surface area contributed by atoms with E-state index < -0.39 is 0 Å². The van der Waals surface area contributed by atoms with Crippen molar-refractivity contribution in [3.8, 4) is 23.0 Å². The van der Waals surface area contributed by atoms with Crippen LogP contribution in [0.5, 0.6) is 23.0 Å². The van der Waals surface area contributed by atoms with E-state index in [1.54, 1.807) is 0 Å². The van der Waals surface area contributed by atoms with Gasteiger partial charge in [0.25, 0.3) is 0 Å². The van der Waals surface area contributed by atoms with E-state index in [4.69, 9.17) is 33.2 Å². The van der Waals surface area contributed by atoms with Crippen molar-refractivity contribution in [2.75, 3.05) is 52.9 Å². The summed E-state index contributed by atoms with van der Waals surface area (Å²) in [4.78, 5) is 0. The molecule has 2 atom stereocenters. The minimum absolute atomic E-state index is 0.394. The second kappa shape index (κ2) is 26.5. The minimum Gasteiger partial charge on any atom is -0.494 e. The Kier molecular flexibility index (Phi) is 21.3. The molecule has 0 amide bonds. The smallest absolute Gasteiger partial charge is 0.127 e. The van der Waals surface area contributed by atoms with E-state index in [-0.39, 0.29) is 0 Å². The quantitative estimate of drug-likeness (QED) is 0.0537. The lowest BCUT2D eigenvalue weighted by Gasteiger charge is -2.10. The van der Waals surface area contributed by atoms with E-state index >= 15 is 0 Å². The second-order valence-electron chi connectivity index (χ2n) is 13.9. The Balaban J connectivity index is 0.885. The van der Waals surface area contributed by atoms with Gasteiger partial charge in [0.15, 0.2) is 0 Å². The first kappa shape index (κ1) is 39.5. The maximum absolute atomic E-state index is 6.03. The Bertz CT molecular complexity index is 953. The van der Waals surface area contributed by atoms with Crippen LogP contribution in [0.15, 0.2) is 48.5 Å². The molecule has 2 aliphatic rings. The molecule has 2 fully saturated rings. The molecule has 0 spiro atoms. The van der Waals surface area contributed by atoms with Crippen molar-refractivity contribution in [1.29, 1.82) is 0 Å². The highest BCUT2D eigenvalue weighted by molar-refractivity contribution is 5.37. The van der Waals surface area contributed by atoms with Gasteiger partial charge in [-0.25, -0.2) is 0 Å². The Labute approximate surface area is 297 Å². The van der Waals surface area contributed by atoms with Crippen LogP contribution in [0.2, 0.25) is 0 Å². The Morgan fingerprint density at radius 2 is 0.633 bits per heavy atom. The van der Waals surface area contributed by atoms with Crippen LogP contribution in [0.1, 0.15) is 128 Å². The fourth-order valence-electron chi connectivity index (χ4n) is 5.92. The summed E-state index contributed by atoms with van der Waals surface area (Å²) >= 11 is 0. The molecule has 2 saturated heterocycles. The summed E-state index contributed by atoms with van der Waals surface area (Å²) in [6, 6.07) is 15.9. The number of rotatable bonds is 34. The predicted molar refractivity (Wildman–Crippen MR) is 197 cm³/mol. The van der Waals surface area contributed by atoms with Crippen LogP contribution in [0.3, 0.4) is 0 Å². The molecule has 2 aromatic carbocycles. The number of benzene rings is 2. The highest BCUT2D eigenvalue weighted by Crippen LogP contribution is 2.26. The van der Waals surface area contributed by atoms with E-state index in [9.17, 15) is 0 Å². The monoisotopic (exact) mass is 682 g/mol. The molecule has 7 nitrogen and oxygen atoms in total. The molecule has 7 heteroatoms. The third kappa shape index (κ3) is 21.5. The van der Waals surface area contributed by atoms with Crippen molar-refractivity contribution in [1.82, 2.24) is 0 Å². The molecule has 0 N–H and O–H groups in total. The first-order chi connectivity index (χ1) is 24.3. The minimum atomic E-state index is 0.394. The first-order valence-corrected chi connectivity index (χ1v) is 19.9. The predicted octanol–water partition coefficient (Wildman–Crippen LogP) is 10.9. The summed E-state index contributed by atoms with van der Waals surface area (Å²) in [6.07, 6.45) is 26.5. The number of unbranched alkanes of at least 4 members (excludes halogenated alkanes) is 18. The maximum Gasteiger partial charge on any atom is 0.127 e. The molecule has 0 saturated carbocycles. The SMILES string of the molecule is c1cc(Oc2ccc(OCCCCCCCCCCCCOCC3CO3)cc2)ccc1OCCCCCCCCCCCCOCC1CO1. The van der Waals surface area contributed by atoms with Gasteiger partial charge in [-0.1, -0.05) is 103 Å². The van der Waals surface area contributed by atoms with Gasteiger partial charge in [0.1, 0.15) is 35.2 Å². The van der Waals surface area contributed by atoms with E-state index in [1.165, 1.54) is 116 Å². The lowest BCUT2D eigenvalue weighted by Crippen LogP contribution is -2.02. The summed E-state index contributed by atoms with van der Waals surface area (Å²) in [7, 11) is 0. The van der Waals surface area contributed by atoms with Gasteiger partial charge in [-0.3, -0.25) is 0 Å². The van der Waals surface area contributed by atoms with Crippen LogP contribution in [0, 0.1) is 0 Å². The van der Waals surface area contributed by atoms with Gasteiger partial charge in [-0.2, -0.15) is 0 Å².